The molecule has 1 unspecified atom stereocenters. The Morgan fingerprint density at radius 2 is 1.54 bits per heavy atom. The molecular weight excluding hydrogens is 518 g/mol. The summed E-state index contributed by atoms with van der Waals surface area (Å²) in [5.41, 5.74) is 2.16. The number of aliphatic hydroxyl groups excluding tert-OH is 1. The lowest BCUT2D eigenvalue weighted by Crippen LogP contribution is -2.29. The molecule has 0 spiro atoms. The number of carbonyl (C=O) groups excluding carboxylic acids is 2. The monoisotopic (exact) mass is 549 g/mol. The summed E-state index contributed by atoms with van der Waals surface area (Å²) >= 11 is 0. The van der Waals surface area contributed by atoms with Crippen molar-refractivity contribution in [3.63, 3.8) is 0 Å². The Bertz CT molecular complexity index is 1590. The van der Waals surface area contributed by atoms with Crippen LogP contribution in [0.25, 0.3) is 5.76 Å². The molecule has 7 heteroatoms. The van der Waals surface area contributed by atoms with Crippen molar-refractivity contribution in [2.24, 2.45) is 5.92 Å². The van der Waals surface area contributed by atoms with Gasteiger partial charge in [-0.05, 0) is 90.7 Å². The second kappa shape index (κ2) is 11.6. The number of hydrogen-bond donors (Lipinski definition) is 2. The van der Waals surface area contributed by atoms with E-state index in [9.17, 15) is 19.8 Å². The molecule has 1 atom stereocenters. The van der Waals surface area contributed by atoms with Crippen LogP contribution in [0.1, 0.15) is 36.6 Å². The number of carbonyl (C=O) groups is 2. The maximum absolute atomic E-state index is 13.5. The predicted molar refractivity (Wildman–Crippen MR) is 157 cm³/mol. The number of amides is 1. The normalized spacial score (nSPS) is 16.3. The van der Waals surface area contributed by atoms with Crippen LogP contribution in [0, 0.1) is 12.8 Å². The van der Waals surface area contributed by atoms with Gasteiger partial charge in [-0.1, -0.05) is 44.2 Å². The number of anilines is 1. The molecule has 1 aliphatic rings. The number of aromatic hydroxyl groups is 1. The highest BCUT2D eigenvalue weighted by atomic mass is 16.5. The van der Waals surface area contributed by atoms with Gasteiger partial charge < -0.3 is 19.7 Å². The van der Waals surface area contributed by atoms with E-state index in [0.29, 0.717) is 46.6 Å². The number of para-hydroxylation sites is 1. The third kappa shape index (κ3) is 5.79. The molecule has 0 aromatic heterocycles. The zero-order valence-electron chi connectivity index (χ0n) is 23.1. The number of rotatable bonds is 8. The Hall–Kier alpha value is -5.04. The summed E-state index contributed by atoms with van der Waals surface area (Å²) in [6, 6.07) is 26.6. The maximum atomic E-state index is 13.5. The Morgan fingerprint density at radius 1 is 0.878 bits per heavy atom. The van der Waals surface area contributed by atoms with Crippen molar-refractivity contribution in [1.29, 1.82) is 0 Å². The molecule has 2 N–H and O–H groups in total. The summed E-state index contributed by atoms with van der Waals surface area (Å²) in [5, 5.41) is 21.4. The van der Waals surface area contributed by atoms with Crippen LogP contribution in [-0.4, -0.2) is 28.5 Å². The highest BCUT2D eigenvalue weighted by molar-refractivity contribution is 6.51. The van der Waals surface area contributed by atoms with Gasteiger partial charge in [0.2, 0.25) is 0 Å². The molecule has 1 saturated heterocycles. The van der Waals surface area contributed by atoms with Crippen molar-refractivity contribution in [2.45, 2.75) is 26.8 Å². The standard InChI is InChI=1S/C34H31NO6/c1-21(2)20-40-29-18-11-24(19-22(29)3)32(37)30-31(23-9-14-26(36)15-10-23)35(34(39)33(30)38)25-12-16-28(17-13-25)41-27-7-5-4-6-8-27/h4-19,21,31,36-37H,20H2,1-3H3/b32-30-. The number of nitrogens with zero attached hydrogens (tertiary/aromatic N) is 1. The molecule has 1 aliphatic heterocycles. The van der Waals surface area contributed by atoms with E-state index < -0.39 is 17.7 Å². The lowest BCUT2D eigenvalue weighted by atomic mass is 9.94. The van der Waals surface area contributed by atoms with Crippen molar-refractivity contribution >= 4 is 23.1 Å². The lowest BCUT2D eigenvalue weighted by molar-refractivity contribution is -0.132. The Balaban J connectivity index is 1.55. The SMILES string of the molecule is Cc1cc(/C(O)=C2/C(=O)C(=O)N(c3ccc(Oc4ccccc4)cc3)C2c2ccc(O)cc2)ccc1OCC(C)C. The summed E-state index contributed by atoms with van der Waals surface area (Å²) in [7, 11) is 0. The van der Waals surface area contributed by atoms with E-state index >= 15 is 0 Å². The second-order valence-corrected chi connectivity index (χ2v) is 10.4. The number of benzene rings is 4. The van der Waals surface area contributed by atoms with Gasteiger partial charge in [0.15, 0.2) is 0 Å². The van der Waals surface area contributed by atoms with Crippen LogP contribution < -0.4 is 14.4 Å². The fourth-order valence-corrected chi connectivity index (χ4v) is 4.74. The molecule has 4 aromatic carbocycles. The first-order valence-electron chi connectivity index (χ1n) is 13.4. The Kier molecular flexibility index (Phi) is 7.79. The van der Waals surface area contributed by atoms with Crippen LogP contribution in [-0.2, 0) is 9.59 Å². The van der Waals surface area contributed by atoms with E-state index in [-0.39, 0.29) is 17.1 Å². The molecule has 0 radical (unpaired) electrons. The molecule has 41 heavy (non-hydrogen) atoms. The maximum Gasteiger partial charge on any atom is 0.300 e. The molecule has 1 amide bonds. The number of ether oxygens (including phenoxy) is 2. The van der Waals surface area contributed by atoms with Crippen LogP contribution in [0.3, 0.4) is 0 Å². The topological polar surface area (TPSA) is 96.3 Å². The highest BCUT2D eigenvalue weighted by Gasteiger charge is 2.47. The van der Waals surface area contributed by atoms with E-state index in [1.165, 1.54) is 17.0 Å². The molecule has 0 saturated carbocycles. The van der Waals surface area contributed by atoms with Gasteiger partial charge in [-0.15, -0.1) is 0 Å². The van der Waals surface area contributed by atoms with Gasteiger partial charge in [0, 0.05) is 11.3 Å². The molecular formula is C34H31NO6. The first kappa shape index (κ1) is 27.5. The summed E-state index contributed by atoms with van der Waals surface area (Å²) in [6.07, 6.45) is 0. The van der Waals surface area contributed by atoms with Crippen molar-refractivity contribution in [1.82, 2.24) is 0 Å². The average Bonchev–Trinajstić information content (AvgIpc) is 3.23. The van der Waals surface area contributed by atoms with Crippen LogP contribution in [0.15, 0.2) is 103 Å². The fraction of sp³-hybridized carbons (Fsp3) is 0.176. The minimum atomic E-state index is -0.923. The van der Waals surface area contributed by atoms with Gasteiger partial charge >= 0.3 is 0 Å². The largest absolute Gasteiger partial charge is 0.508 e. The predicted octanol–water partition coefficient (Wildman–Crippen LogP) is 7.15. The Morgan fingerprint density at radius 3 is 2.17 bits per heavy atom. The molecule has 1 heterocycles. The summed E-state index contributed by atoms with van der Waals surface area (Å²) < 4.78 is 11.7. The number of hydrogen-bond acceptors (Lipinski definition) is 6. The van der Waals surface area contributed by atoms with Gasteiger partial charge in [0.05, 0.1) is 18.2 Å². The third-order valence-corrected chi connectivity index (χ3v) is 6.77. The third-order valence-electron chi connectivity index (χ3n) is 6.77. The Labute approximate surface area is 238 Å². The van der Waals surface area contributed by atoms with Gasteiger partial charge in [-0.25, -0.2) is 0 Å². The zero-order valence-corrected chi connectivity index (χ0v) is 23.1. The van der Waals surface area contributed by atoms with E-state index in [1.54, 1.807) is 54.6 Å². The first-order chi connectivity index (χ1) is 19.7. The van der Waals surface area contributed by atoms with E-state index in [2.05, 4.69) is 13.8 Å². The van der Waals surface area contributed by atoms with Gasteiger partial charge in [0.1, 0.15) is 28.8 Å². The number of Topliss-reactive ketones (excluding diaryl/α,β-unsaturated/α-hetero) is 1. The van der Waals surface area contributed by atoms with Crippen LogP contribution in [0.5, 0.6) is 23.0 Å². The molecule has 0 aliphatic carbocycles. The van der Waals surface area contributed by atoms with Gasteiger partial charge in [0.25, 0.3) is 11.7 Å². The smallest absolute Gasteiger partial charge is 0.300 e. The zero-order chi connectivity index (χ0) is 29.1. The number of aryl methyl sites for hydroxylation is 1. The summed E-state index contributed by atoms with van der Waals surface area (Å²) in [5.74, 6) is 0.449. The van der Waals surface area contributed by atoms with Crippen molar-refractivity contribution in [2.75, 3.05) is 11.5 Å². The van der Waals surface area contributed by atoms with Gasteiger partial charge in [-0.2, -0.15) is 0 Å². The lowest BCUT2D eigenvalue weighted by Gasteiger charge is -2.25. The van der Waals surface area contributed by atoms with Crippen molar-refractivity contribution in [3.8, 4) is 23.0 Å². The summed E-state index contributed by atoms with van der Waals surface area (Å²) in [4.78, 5) is 28.3. The van der Waals surface area contributed by atoms with Crippen molar-refractivity contribution in [3.05, 3.63) is 119 Å². The van der Waals surface area contributed by atoms with E-state index in [4.69, 9.17) is 9.47 Å². The van der Waals surface area contributed by atoms with Crippen LogP contribution in [0.4, 0.5) is 5.69 Å². The molecule has 208 valence electrons. The quantitative estimate of drug-likeness (QED) is 0.138. The highest BCUT2D eigenvalue weighted by Crippen LogP contribution is 2.43. The first-order valence-corrected chi connectivity index (χ1v) is 13.4. The number of phenolic OH excluding ortho intramolecular Hbond substituents is 1. The number of aliphatic hydroxyl groups is 1. The molecule has 7 nitrogen and oxygen atoms in total. The fourth-order valence-electron chi connectivity index (χ4n) is 4.74. The van der Waals surface area contributed by atoms with Crippen LogP contribution in [0.2, 0.25) is 0 Å². The van der Waals surface area contributed by atoms with E-state index in [1.807, 2.05) is 37.3 Å². The molecule has 0 bridgehead atoms. The summed E-state index contributed by atoms with van der Waals surface area (Å²) in [6.45, 7) is 6.53. The average molecular weight is 550 g/mol. The number of phenols is 1. The van der Waals surface area contributed by atoms with Crippen molar-refractivity contribution < 1.29 is 29.3 Å². The second-order valence-electron chi connectivity index (χ2n) is 10.4. The molecule has 1 fully saturated rings. The van der Waals surface area contributed by atoms with Gasteiger partial charge in [-0.3, -0.25) is 14.5 Å². The minimum Gasteiger partial charge on any atom is -0.508 e. The number of ketones is 1. The van der Waals surface area contributed by atoms with Crippen LogP contribution >= 0.6 is 0 Å². The molecule has 5 rings (SSSR count). The van der Waals surface area contributed by atoms with E-state index in [0.717, 1.165) is 5.56 Å². The molecule has 4 aromatic rings. The minimum absolute atomic E-state index is 0.0412.